The molecule has 0 saturated heterocycles. The average molecular weight is 365 g/mol. The maximum absolute atomic E-state index is 12.0. The van der Waals surface area contributed by atoms with Gasteiger partial charge in [0.05, 0.1) is 7.11 Å². The van der Waals surface area contributed by atoms with E-state index < -0.39 is 5.91 Å². The molecule has 0 saturated carbocycles. The lowest BCUT2D eigenvalue weighted by atomic mass is 10.1. The summed E-state index contributed by atoms with van der Waals surface area (Å²) in [5, 5.41) is 21.3. The lowest BCUT2D eigenvalue weighted by molar-refractivity contribution is -0.117. The largest absolute Gasteiger partial charge is 0.504 e. The quantitative estimate of drug-likeness (QED) is 0.463. The van der Waals surface area contributed by atoms with Crippen LogP contribution in [0.25, 0.3) is 6.08 Å². The van der Waals surface area contributed by atoms with Crippen LogP contribution in [0.2, 0.25) is 0 Å². The van der Waals surface area contributed by atoms with Crippen molar-refractivity contribution in [3.05, 3.63) is 71.6 Å². The second-order valence-electron chi connectivity index (χ2n) is 5.03. The summed E-state index contributed by atoms with van der Waals surface area (Å²) in [6.45, 7) is 4.30. The second-order valence-corrected chi connectivity index (χ2v) is 5.03. The van der Waals surface area contributed by atoms with Crippen LogP contribution < -0.4 is 10.1 Å². The van der Waals surface area contributed by atoms with Crippen LogP contribution >= 0.6 is 0 Å². The number of carbonyl (C=O) groups excluding carboxylic acids is 1. The van der Waals surface area contributed by atoms with Crippen LogP contribution in [0, 0.1) is 11.3 Å². The molecular weight excluding hydrogens is 342 g/mol. The van der Waals surface area contributed by atoms with E-state index in [0.29, 0.717) is 12.3 Å². The molecule has 0 radical (unpaired) electrons. The molecule has 2 aromatic rings. The van der Waals surface area contributed by atoms with Crippen LogP contribution in [0.5, 0.6) is 11.5 Å². The predicted molar refractivity (Wildman–Crippen MR) is 105 cm³/mol. The van der Waals surface area contributed by atoms with E-state index in [1.165, 1.54) is 19.3 Å². The van der Waals surface area contributed by atoms with E-state index in [9.17, 15) is 9.90 Å². The first-order chi connectivity index (χ1) is 13.1. The van der Waals surface area contributed by atoms with Crippen LogP contribution in [-0.4, -0.2) is 23.1 Å². The van der Waals surface area contributed by atoms with Gasteiger partial charge in [0.25, 0.3) is 5.91 Å². The normalized spacial score (nSPS) is 10.5. The van der Waals surface area contributed by atoms with Crippen molar-refractivity contribution in [2.45, 2.75) is 20.4 Å². The topological polar surface area (TPSA) is 95.2 Å². The van der Waals surface area contributed by atoms with Gasteiger partial charge in [-0.15, -0.1) is 0 Å². The SMILES string of the molecule is CC.COc1cc(/C=C/C=C(\C#N)C(=O)NCc2cccnc2)ccc1O. The van der Waals surface area contributed by atoms with E-state index in [1.54, 1.807) is 42.7 Å². The van der Waals surface area contributed by atoms with Crippen molar-refractivity contribution in [1.29, 1.82) is 5.26 Å². The minimum atomic E-state index is -0.459. The molecule has 27 heavy (non-hydrogen) atoms. The number of nitriles is 1. The number of pyridine rings is 1. The van der Waals surface area contributed by atoms with Crippen LogP contribution in [0.3, 0.4) is 0 Å². The van der Waals surface area contributed by atoms with Gasteiger partial charge in [-0.2, -0.15) is 5.26 Å². The Morgan fingerprint density at radius 2 is 2.15 bits per heavy atom. The third-order valence-electron chi connectivity index (χ3n) is 3.30. The van der Waals surface area contributed by atoms with Crippen molar-refractivity contribution in [2.75, 3.05) is 7.11 Å². The maximum Gasteiger partial charge on any atom is 0.262 e. The molecule has 0 aliphatic rings. The Morgan fingerprint density at radius 1 is 1.37 bits per heavy atom. The van der Waals surface area contributed by atoms with Gasteiger partial charge in [0.2, 0.25) is 0 Å². The Kier molecular flexibility index (Phi) is 9.44. The lowest BCUT2D eigenvalue weighted by Crippen LogP contribution is -2.23. The summed E-state index contributed by atoms with van der Waals surface area (Å²) in [6, 6.07) is 10.3. The number of hydrogen-bond donors (Lipinski definition) is 2. The van der Waals surface area contributed by atoms with E-state index in [1.807, 2.05) is 26.0 Å². The highest BCUT2D eigenvalue weighted by atomic mass is 16.5. The predicted octanol–water partition coefficient (Wildman–Crippen LogP) is 3.60. The summed E-state index contributed by atoms with van der Waals surface area (Å²) in [4.78, 5) is 16.0. The number of aromatic hydroxyl groups is 1. The van der Waals surface area contributed by atoms with Crippen molar-refractivity contribution in [3.63, 3.8) is 0 Å². The van der Waals surface area contributed by atoms with E-state index in [2.05, 4.69) is 10.3 Å². The molecule has 6 heteroatoms. The summed E-state index contributed by atoms with van der Waals surface area (Å²) in [7, 11) is 1.46. The van der Waals surface area contributed by atoms with Crippen molar-refractivity contribution in [2.24, 2.45) is 0 Å². The Labute approximate surface area is 159 Å². The Bertz CT molecular complexity index is 837. The molecule has 0 atom stereocenters. The molecule has 0 bridgehead atoms. The van der Waals surface area contributed by atoms with Gasteiger partial charge in [-0.3, -0.25) is 9.78 Å². The fraction of sp³-hybridized carbons (Fsp3) is 0.190. The number of ether oxygens (including phenoxy) is 1. The number of allylic oxidation sites excluding steroid dienone is 2. The highest BCUT2D eigenvalue weighted by Crippen LogP contribution is 2.26. The molecular formula is C21H23N3O3. The van der Waals surface area contributed by atoms with E-state index >= 15 is 0 Å². The summed E-state index contributed by atoms with van der Waals surface area (Å²) in [5.41, 5.74) is 1.60. The zero-order valence-corrected chi connectivity index (χ0v) is 15.6. The third kappa shape index (κ3) is 7.04. The molecule has 1 heterocycles. The molecule has 0 spiro atoms. The summed E-state index contributed by atoms with van der Waals surface area (Å²) >= 11 is 0. The summed E-state index contributed by atoms with van der Waals surface area (Å²) < 4.78 is 5.03. The molecule has 0 aliphatic heterocycles. The number of carbonyl (C=O) groups is 1. The van der Waals surface area contributed by atoms with E-state index in [0.717, 1.165) is 11.1 Å². The Balaban J connectivity index is 0.00000176. The molecule has 1 amide bonds. The highest BCUT2D eigenvalue weighted by Gasteiger charge is 2.07. The minimum Gasteiger partial charge on any atom is -0.504 e. The third-order valence-corrected chi connectivity index (χ3v) is 3.30. The molecule has 2 N–H and O–H groups in total. The van der Waals surface area contributed by atoms with Gasteiger partial charge in [-0.05, 0) is 35.4 Å². The van der Waals surface area contributed by atoms with Gasteiger partial charge >= 0.3 is 0 Å². The Hall–Kier alpha value is -3.59. The maximum atomic E-state index is 12.0. The van der Waals surface area contributed by atoms with E-state index in [-0.39, 0.29) is 11.3 Å². The average Bonchev–Trinajstić information content (AvgIpc) is 2.72. The minimum absolute atomic E-state index is 0.00844. The van der Waals surface area contributed by atoms with Gasteiger partial charge in [-0.1, -0.05) is 38.1 Å². The van der Waals surface area contributed by atoms with Crippen LogP contribution in [0.15, 0.2) is 60.5 Å². The van der Waals surface area contributed by atoms with Gasteiger partial charge in [0.15, 0.2) is 11.5 Å². The number of amides is 1. The zero-order valence-electron chi connectivity index (χ0n) is 15.6. The molecule has 2 rings (SSSR count). The first kappa shape index (κ1) is 21.5. The smallest absolute Gasteiger partial charge is 0.262 e. The molecule has 0 fully saturated rings. The van der Waals surface area contributed by atoms with Crippen LogP contribution in [-0.2, 0) is 11.3 Å². The number of phenols is 1. The van der Waals surface area contributed by atoms with Gasteiger partial charge in [0, 0.05) is 18.9 Å². The fourth-order valence-electron chi connectivity index (χ4n) is 2.00. The van der Waals surface area contributed by atoms with Crippen molar-refractivity contribution in [1.82, 2.24) is 10.3 Å². The number of hydrogen-bond acceptors (Lipinski definition) is 5. The molecule has 6 nitrogen and oxygen atoms in total. The van der Waals surface area contributed by atoms with Crippen molar-refractivity contribution in [3.8, 4) is 17.6 Å². The van der Waals surface area contributed by atoms with Gasteiger partial charge < -0.3 is 15.2 Å². The first-order valence-electron chi connectivity index (χ1n) is 8.46. The van der Waals surface area contributed by atoms with Crippen molar-refractivity contribution < 1.29 is 14.6 Å². The number of methoxy groups -OCH3 is 1. The molecule has 140 valence electrons. The van der Waals surface area contributed by atoms with E-state index in [4.69, 9.17) is 10.00 Å². The van der Waals surface area contributed by atoms with Crippen LogP contribution in [0.1, 0.15) is 25.0 Å². The number of phenolic OH excluding ortho intramolecular Hbond substituents is 1. The molecule has 1 aromatic heterocycles. The summed E-state index contributed by atoms with van der Waals surface area (Å²) in [6.07, 6.45) is 8.02. The van der Waals surface area contributed by atoms with Crippen molar-refractivity contribution >= 4 is 12.0 Å². The highest BCUT2D eigenvalue weighted by molar-refractivity contribution is 5.97. The number of aromatic nitrogens is 1. The standard InChI is InChI=1S/C19H17N3O3.C2H6/c1-25-18-10-14(7-8-17(18)23)4-2-6-16(11-20)19(24)22-13-15-5-3-9-21-12-15;1-2/h2-10,12,23H,13H2,1H3,(H,22,24);1-2H3/b4-2+,16-6+;. The number of benzene rings is 1. The first-order valence-corrected chi connectivity index (χ1v) is 8.46. The lowest BCUT2D eigenvalue weighted by Gasteiger charge is -2.04. The second kappa shape index (κ2) is 11.9. The van der Waals surface area contributed by atoms with Crippen LogP contribution in [0.4, 0.5) is 0 Å². The molecule has 0 aliphatic carbocycles. The fourth-order valence-corrected chi connectivity index (χ4v) is 2.00. The summed E-state index contributed by atoms with van der Waals surface area (Å²) in [5.74, 6) is -0.0668. The molecule has 1 aromatic carbocycles. The number of nitrogens with one attached hydrogen (secondary N) is 1. The number of rotatable bonds is 6. The molecule has 0 unspecified atom stereocenters. The Morgan fingerprint density at radius 3 is 2.78 bits per heavy atom. The monoisotopic (exact) mass is 365 g/mol. The number of nitrogens with zero attached hydrogens (tertiary/aromatic N) is 2. The van der Waals surface area contributed by atoms with Gasteiger partial charge in [-0.25, -0.2) is 0 Å². The zero-order chi connectivity index (χ0) is 20.1. The van der Waals surface area contributed by atoms with Gasteiger partial charge in [0.1, 0.15) is 11.6 Å².